The number of rotatable bonds is 5. The van der Waals surface area contributed by atoms with Crippen LogP contribution in [-0.2, 0) is 0 Å². The van der Waals surface area contributed by atoms with E-state index in [4.69, 9.17) is 10.5 Å². The van der Waals surface area contributed by atoms with E-state index in [1.807, 2.05) is 18.2 Å². The van der Waals surface area contributed by atoms with Crippen LogP contribution in [0.25, 0.3) is 0 Å². The Labute approximate surface area is 116 Å². The second kappa shape index (κ2) is 6.40. The molecule has 0 saturated carbocycles. The summed E-state index contributed by atoms with van der Waals surface area (Å²) >= 11 is 0. The Kier molecular flexibility index (Phi) is 4.83. The molecule has 0 radical (unpaired) electrons. The molecule has 1 saturated heterocycles. The highest BCUT2D eigenvalue weighted by molar-refractivity contribution is 5.35. The van der Waals surface area contributed by atoms with Gasteiger partial charge in [0.1, 0.15) is 5.75 Å². The second-order valence-corrected chi connectivity index (χ2v) is 5.90. The highest BCUT2D eigenvalue weighted by Crippen LogP contribution is 2.27. The van der Waals surface area contributed by atoms with Crippen LogP contribution in [-0.4, -0.2) is 31.6 Å². The van der Waals surface area contributed by atoms with Crippen LogP contribution in [0.1, 0.15) is 31.9 Å². The third kappa shape index (κ3) is 3.48. The highest BCUT2D eigenvalue weighted by Gasteiger charge is 2.26. The second-order valence-electron chi connectivity index (χ2n) is 5.90. The zero-order valence-electron chi connectivity index (χ0n) is 12.3. The van der Waals surface area contributed by atoms with Crippen LogP contribution in [0, 0.1) is 11.8 Å². The van der Waals surface area contributed by atoms with Crippen molar-refractivity contribution in [3.05, 3.63) is 29.8 Å². The fourth-order valence-electron chi connectivity index (χ4n) is 2.92. The number of hydrogen-bond acceptors (Lipinski definition) is 3. The zero-order chi connectivity index (χ0) is 13.8. The molecule has 3 heteroatoms. The summed E-state index contributed by atoms with van der Waals surface area (Å²) in [5.74, 6) is 2.49. The summed E-state index contributed by atoms with van der Waals surface area (Å²) in [6.45, 7) is 7.90. The maximum absolute atomic E-state index is 6.35. The third-order valence-electron chi connectivity index (χ3n) is 4.24. The first kappa shape index (κ1) is 14.4. The van der Waals surface area contributed by atoms with Crippen molar-refractivity contribution in [1.82, 2.24) is 4.90 Å². The molecule has 2 unspecified atom stereocenters. The van der Waals surface area contributed by atoms with E-state index < -0.39 is 0 Å². The van der Waals surface area contributed by atoms with E-state index in [0.29, 0.717) is 0 Å². The van der Waals surface area contributed by atoms with Gasteiger partial charge < -0.3 is 15.4 Å². The summed E-state index contributed by atoms with van der Waals surface area (Å²) in [4.78, 5) is 2.49. The minimum atomic E-state index is 0.0297. The van der Waals surface area contributed by atoms with Crippen LogP contribution >= 0.6 is 0 Å². The monoisotopic (exact) mass is 262 g/mol. The average molecular weight is 262 g/mol. The lowest BCUT2D eigenvalue weighted by atomic mass is 9.95. The van der Waals surface area contributed by atoms with Crippen LogP contribution < -0.4 is 10.5 Å². The van der Waals surface area contributed by atoms with Gasteiger partial charge in [-0.2, -0.15) is 0 Å². The Hall–Kier alpha value is -1.06. The first-order chi connectivity index (χ1) is 9.11. The van der Waals surface area contributed by atoms with Crippen molar-refractivity contribution in [2.45, 2.75) is 26.3 Å². The lowest BCUT2D eigenvalue weighted by Gasteiger charge is -2.23. The van der Waals surface area contributed by atoms with E-state index >= 15 is 0 Å². The Bertz CT molecular complexity index is 405. The maximum atomic E-state index is 6.35. The van der Waals surface area contributed by atoms with E-state index in [-0.39, 0.29) is 6.04 Å². The van der Waals surface area contributed by atoms with Gasteiger partial charge in [-0.3, -0.25) is 0 Å². The summed E-state index contributed by atoms with van der Waals surface area (Å²) in [5.41, 5.74) is 7.46. The number of likely N-dealkylation sites (tertiary alicyclic amines) is 1. The van der Waals surface area contributed by atoms with Gasteiger partial charge in [-0.1, -0.05) is 32.0 Å². The molecule has 0 aliphatic carbocycles. The smallest absolute Gasteiger partial charge is 0.123 e. The van der Waals surface area contributed by atoms with Crippen molar-refractivity contribution in [1.29, 1.82) is 0 Å². The fraction of sp³-hybridized carbons (Fsp3) is 0.625. The third-order valence-corrected chi connectivity index (χ3v) is 4.24. The van der Waals surface area contributed by atoms with Crippen LogP contribution in [0.4, 0.5) is 0 Å². The number of nitrogens with zero attached hydrogens (tertiary/aromatic N) is 1. The molecule has 1 aromatic rings. The molecule has 3 nitrogen and oxygen atoms in total. The lowest BCUT2D eigenvalue weighted by Crippen LogP contribution is -2.31. The minimum Gasteiger partial charge on any atom is -0.496 e. The SMILES string of the molecule is COc1ccccc1C(N)CN1CCC(C(C)C)C1. The quantitative estimate of drug-likeness (QED) is 0.886. The molecule has 106 valence electrons. The standard InChI is InChI=1S/C16H26N2O/c1-12(2)13-8-9-18(10-13)11-15(17)14-6-4-5-7-16(14)19-3/h4-7,12-13,15H,8-11,17H2,1-3H3. The van der Waals surface area contributed by atoms with E-state index in [1.165, 1.54) is 19.5 Å². The first-order valence-electron chi connectivity index (χ1n) is 7.22. The number of methoxy groups -OCH3 is 1. The van der Waals surface area contributed by atoms with Crippen molar-refractivity contribution in [3.63, 3.8) is 0 Å². The molecule has 1 fully saturated rings. The average Bonchev–Trinajstić information content (AvgIpc) is 2.87. The normalized spacial score (nSPS) is 21.8. The summed E-state index contributed by atoms with van der Waals surface area (Å²) in [5, 5.41) is 0. The number of para-hydroxylation sites is 1. The molecule has 1 aromatic carbocycles. The molecule has 0 aromatic heterocycles. The molecule has 1 heterocycles. The van der Waals surface area contributed by atoms with Gasteiger partial charge in [0.15, 0.2) is 0 Å². The summed E-state index contributed by atoms with van der Waals surface area (Å²) in [6.07, 6.45) is 1.30. The predicted molar refractivity (Wildman–Crippen MR) is 79.3 cm³/mol. The number of ether oxygens (including phenoxy) is 1. The molecule has 2 rings (SSSR count). The largest absolute Gasteiger partial charge is 0.496 e. The van der Waals surface area contributed by atoms with E-state index in [9.17, 15) is 0 Å². The molecule has 2 atom stereocenters. The highest BCUT2D eigenvalue weighted by atomic mass is 16.5. The van der Waals surface area contributed by atoms with Crippen LogP contribution in [0.15, 0.2) is 24.3 Å². The molecule has 2 N–H and O–H groups in total. The van der Waals surface area contributed by atoms with Gasteiger partial charge in [-0.05, 0) is 30.9 Å². The molecular formula is C16H26N2O. The minimum absolute atomic E-state index is 0.0297. The Morgan fingerprint density at radius 3 is 2.74 bits per heavy atom. The topological polar surface area (TPSA) is 38.5 Å². The van der Waals surface area contributed by atoms with Gasteiger partial charge in [0.05, 0.1) is 7.11 Å². The summed E-state index contributed by atoms with van der Waals surface area (Å²) in [7, 11) is 1.70. The molecular weight excluding hydrogens is 236 g/mol. The van der Waals surface area contributed by atoms with E-state index in [2.05, 4.69) is 24.8 Å². The van der Waals surface area contributed by atoms with Crippen LogP contribution in [0.2, 0.25) is 0 Å². The first-order valence-corrected chi connectivity index (χ1v) is 7.22. The molecule has 19 heavy (non-hydrogen) atoms. The van der Waals surface area contributed by atoms with E-state index in [1.54, 1.807) is 7.11 Å². The predicted octanol–water partition coefficient (Wildman–Crippen LogP) is 2.67. The molecule has 0 amide bonds. The van der Waals surface area contributed by atoms with Gasteiger partial charge >= 0.3 is 0 Å². The van der Waals surface area contributed by atoms with Crippen LogP contribution in [0.5, 0.6) is 5.75 Å². The maximum Gasteiger partial charge on any atom is 0.123 e. The molecule has 1 aliphatic rings. The Morgan fingerprint density at radius 1 is 1.37 bits per heavy atom. The van der Waals surface area contributed by atoms with Crippen molar-refractivity contribution < 1.29 is 4.74 Å². The van der Waals surface area contributed by atoms with Gasteiger partial charge in [0, 0.05) is 24.7 Å². The van der Waals surface area contributed by atoms with Crippen molar-refractivity contribution in [3.8, 4) is 5.75 Å². The van der Waals surface area contributed by atoms with Crippen molar-refractivity contribution in [2.24, 2.45) is 17.6 Å². The summed E-state index contributed by atoms with van der Waals surface area (Å²) in [6, 6.07) is 8.09. The number of hydrogen-bond donors (Lipinski definition) is 1. The Balaban J connectivity index is 1.96. The number of benzene rings is 1. The molecule has 0 bridgehead atoms. The van der Waals surface area contributed by atoms with Gasteiger partial charge in [-0.15, -0.1) is 0 Å². The Morgan fingerprint density at radius 2 is 2.11 bits per heavy atom. The van der Waals surface area contributed by atoms with E-state index in [0.717, 1.165) is 29.7 Å². The fourth-order valence-corrected chi connectivity index (χ4v) is 2.92. The van der Waals surface area contributed by atoms with Gasteiger partial charge in [-0.25, -0.2) is 0 Å². The van der Waals surface area contributed by atoms with Crippen LogP contribution in [0.3, 0.4) is 0 Å². The number of nitrogens with two attached hydrogens (primary N) is 1. The molecule has 0 spiro atoms. The van der Waals surface area contributed by atoms with Gasteiger partial charge in [0.25, 0.3) is 0 Å². The van der Waals surface area contributed by atoms with Gasteiger partial charge in [0.2, 0.25) is 0 Å². The summed E-state index contributed by atoms with van der Waals surface area (Å²) < 4.78 is 5.39. The lowest BCUT2D eigenvalue weighted by molar-refractivity contribution is 0.284. The van der Waals surface area contributed by atoms with Crippen molar-refractivity contribution >= 4 is 0 Å². The molecule has 1 aliphatic heterocycles. The van der Waals surface area contributed by atoms with Crippen molar-refractivity contribution in [2.75, 3.05) is 26.7 Å². The zero-order valence-corrected chi connectivity index (χ0v) is 12.3.